The van der Waals surface area contributed by atoms with E-state index < -0.39 is 17.8 Å². The molecule has 0 aliphatic heterocycles. The van der Waals surface area contributed by atoms with Crippen molar-refractivity contribution in [3.8, 4) is 5.88 Å². The van der Waals surface area contributed by atoms with Gasteiger partial charge in [-0.15, -0.1) is 0 Å². The Hall–Kier alpha value is -2.24. The number of anilines is 1. The SMILES string of the molecule is O=C(NCCCO)Nc1snc(OCc2ccc(Br)cc2F)c1C(=O)O. The van der Waals surface area contributed by atoms with Gasteiger partial charge >= 0.3 is 12.0 Å². The number of nitrogens with one attached hydrogen (secondary N) is 2. The van der Waals surface area contributed by atoms with Gasteiger partial charge in [-0.05, 0) is 30.1 Å². The minimum Gasteiger partial charge on any atom is -0.477 e. The normalized spacial score (nSPS) is 10.4. The number of aromatic carboxylic acids is 1. The van der Waals surface area contributed by atoms with Gasteiger partial charge in [0.1, 0.15) is 17.4 Å². The fraction of sp³-hybridized carbons (Fsp3) is 0.267. The quantitative estimate of drug-likeness (QED) is 0.461. The summed E-state index contributed by atoms with van der Waals surface area (Å²) >= 11 is 3.88. The highest BCUT2D eigenvalue weighted by molar-refractivity contribution is 9.10. The van der Waals surface area contributed by atoms with Crippen molar-refractivity contribution in [3.63, 3.8) is 0 Å². The van der Waals surface area contributed by atoms with Gasteiger partial charge in [-0.1, -0.05) is 22.0 Å². The van der Waals surface area contributed by atoms with Crippen molar-refractivity contribution in [2.75, 3.05) is 18.5 Å². The van der Waals surface area contributed by atoms with Crippen LogP contribution in [-0.2, 0) is 6.61 Å². The Morgan fingerprint density at radius 3 is 2.81 bits per heavy atom. The van der Waals surface area contributed by atoms with Crippen LogP contribution in [0, 0.1) is 5.82 Å². The van der Waals surface area contributed by atoms with E-state index in [4.69, 9.17) is 9.84 Å². The molecule has 8 nitrogen and oxygen atoms in total. The average molecular weight is 448 g/mol. The predicted octanol–water partition coefficient (Wildman–Crippen LogP) is 2.83. The molecular formula is C15H15BrFN3O5S. The third-order valence-corrected chi connectivity index (χ3v) is 4.34. The Bertz CT molecular complexity index is 802. The summed E-state index contributed by atoms with van der Waals surface area (Å²) in [5.41, 5.74) is -0.0846. The maximum atomic E-state index is 13.8. The predicted molar refractivity (Wildman–Crippen MR) is 96.2 cm³/mol. The number of aliphatic hydroxyl groups is 1. The number of ether oxygens (including phenoxy) is 1. The Morgan fingerprint density at radius 1 is 1.38 bits per heavy atom. The van der Waals surface area contributed by atoms with Gasteiger partial charge in [0.05, 0.1) is 0 Å². The van der Waals surface area contributed by atoms with Gasteiger partial charge < -0.3 is 20.3 Å². The first-order valence-corrected chi connectivity index (χ1v) is 8.94. The molecule has 0 saturated heterocycles. The van der Waals surface area contributed by atoms with Crippen LogP contribution in [0.2, 0.25) is 0 Å². The smallest absolute Gasteiger partial charge is 0.344 e. The van der Waals surface area contributed by atoms with Crippen molar-refractivity contribution < 1.29 is 28.9 Å². The van der Waals surface area contributed by atoms with E-state index in [0.29, 0.717) is 10.9 Å². The number of carbonyl (C=O) groups excluding carboxylic acids is 1. The summed E-state index contributed by atoms with van der Waals surface area (Å²) in [4.78, 5) is 23.2. The van der Waals surface area contributed by atoms with Crippen molar-refractivity contribution in [2.24, 2.45) is 0 Å². The summed E-state index contributed by atoms with van der Waals surface area (Å²) in [6, 6.07) is 3.77. The van der Waals surface area contributed by atoms with E-state index in [9.17, 15) is 19.1 Å². The van der Waals surface area contributed by atoms with Gasteiger partial charge in [-0.25, -0.2) is 14.0 Å². The van der Waals surface area contributed by atoms with E-state index in [2.05, 4.69) is 30.9 Å². The average Bonchev–Trinajstić information content (AvgIpc) is 2.97. The number of benzene rings is 1. The number of amides is 2. The van der Waals surface area contributed by atoms with E-state index in [1.807, 2.05) is 0 Å². The van der Waals surface area contributed by atoms with Crippen LogP contribution < -0.4 is 15.4 Å². The molecule has 4 N–H and O–H groups in total. The lowest BCUT2D eigenvalue weighted by Gasteiger charge is -2.07. The number of carboxylic acid groups (broad SMARTS) is 1. The summed E-state index contributed by atoms with van der Waals surface area (Å²) < 4.78 is 23.6. The largest absolute Gasteiger partial charge is 0.477 e. The van der Waals surface area contributed by atoms with Gasteiger partial charge in [0.15, 0.2) is 5.56 Å². The van der Waals surface area contributed by atoms with Gasteiger partial charge in [-0.2, -0.15) is 4.37 Å². The van der Waals surface area contributed by atoms with Crippen LogP contribution in [0.25, 0.3) is 0 Å². The molecule has 0 aliphatic rings. The third kappa shape index (κ3) is 5.38. The topological polar surface area (TPSA) is 121 Å². The molecule has 0 saturated carbocycles. The lowest BCUT2D eigenvalue weighted by Crippen LogP contribution is -2.30. The Balaban J connectivity index is 2.08. The zero-order chi connectivity index (χ0) is 19.1. The van der Waals surface area contributed by atoms with Crippen LogP contribution in [-0.4, -0.2) is 39.7 Å². The Labute approximate surface area is 160 Å². The number of rotatable bonds is 8. The first-order chi connectivity index (χ1) is 12.4. The first kappa shape index (κ1) is 20.1. The third-order valence-electron chi connectivity index (χ3n) is 3.10. The highest BCUT2D eigenvalue weighted by Gasteiger charge is 2.23. The second-order valence-corrected chi connectivity index (χ2v) is 6.67. The number of urea groups is 1. The summed E-state index contributed by atoms with van der Waals surface area (Å²) in [5, 5.41) is 22.8. The summed E-state index contributed by atoms with van der Waals surface area (Å²) in [7, 11) is 0. The molecule has 2 aromatic rings. The number of hydrogen-bond donors (Lipinski definition) is 4. The number of carboxylic acids is 1. The number of nitrogens with zero attached hydrogens (tertiary/aromatic N) is 1. The second-order valence-electron chi connectivity index (χ2n) is 4.98. The molecule has 2 amide bonds. The van der Waals surface area contributed by atoms with Gasteiger partial charge in [0.25, 0.3) is 0 Å². The van der Waals surface area contributed by atoms with Crippen LogP contribution in [0.1, 0.15) is 22.3 Å². The molecule has 0 aliphatic carbocycles. The molecule has 0 atom stereocenters. The molecule has 1 aromatic carbocycles. The molecule has 0 radical (unpaired) electrons. The van der Waals surface area contributed by atoms with Crippen molar-refractivity contribution in [3.05, 3.63) is 39.6 Å². The van der Waals surface area contributed by atoms with E-state index in [0.717, 1.165) is 11.5 Å². The lowest BCUT2D eigenvalue weighted by atomic mass is 10.2. The van der Waals surface area contributed by atoms with Crippen molar-refractivity contribution in [1.82, 2.24) is 9.69 Å². The molecule has 0 spiro atoms. The summed E-state index contributed by atoms with van der Waals surface area (Å²) in [5.74, 6) is -2.06. The molecule has 1 aromatic heterocycles. The number of aliphatic hydroxyl groups excluding tert-OH is 1. The summed E-state index contributed by atoms with van der Waals surface area (Å²) in [6.45, 7) is -0.0627. The Kier molecular flexibility index (Phi) is 7.30. The molecular weight excluding hydrogens is 433 g/mol. The fourth-order valence-corrected chi connectivity index (χ4v) is 2.92. The highest BCUT2D eigenvalue weighted by atomic mass is 79.9. The monoisotopic (exact) mass is 447 g/mol. The fourth-order valence-electron chi connectivity index (χ4n) is 1.86. The number of aromatic nitrogens is 1. The maximum absolute atomic E-state index is 13.8. The van der Waals surface area contributed by atoms with Crippen molar-refractivity contribution >= 4 is 44.5 Å². The van der Waals surface area contributed by atoms with Crippen LogP contribution in [0.3, 0.4) is 0 Å². The van der Waals surface area contributed by atoms with Crippen molar-refractivity contribution in [1.29, 1.82) is 0 Å². The standard InChI is InChI=1S/C15H15BrFN3O5S/c16-9-3-2-8(10(17)6-9)7-25-12-11(14(22)23)13(26-20-12)19-15(24)18-4-1-5-21/h2-3,6,21H,1,4-5,7H2,(H,22,23)(H2,18,19,24). The molecule has 2 rings (SSSR count). The molecule has 0 bridgehead atoms. The first-order valence-electron chi connectivity index (χ1n) is 7.37. The molecule has 26 heavy (non-hydrogen) atoms. The van der Waals surface area contributed by atoms with E-state index in [1.54, 1.807) is 6.07 Å². The minimum atomic E-state index is -1.34. The maximum Gasteiger partial charge on any atom is 0.344 e. The molecule has 11 heteroatoms. The Morgan fingerprint density at radius 2 is 2.15 bits per heavy atom. The summed E-state index contributed by atoms with van der Waals surface area (Å²) in [6.07, 6.45) is 0.370. The number of hydrogen-bond acceptors (Lipinski definition) is 6. The lowest BCUT2D eigenvalue weighted by molar-refractivity contribution is 0.0693. The zero-order valence-electron chi connectivity index (χ0n) is 13.3. The molecule has 1 heterocycles. The van der Waals surface area contributed by atoms with Crippen LogP contribution in [0.15, 0.2) is 22.7 Å². The van der Waals surface area contributed by atoms with E-state index in [-0.39, 0.29) is 41.8 Å². The van der Waals surface area contributed by atoms with Crippen LogP contribution in [0.5, 0.6) is 5.88 Å². The molecule has 0 unspecified atom stereocenters. The number of carbonyl (C=O) groups is 2. The molecule has 0 fully saturated rings. The molecule has 140 valence electrons. The van der Waals surface area contributed by atoms with Gasteiger partial charge in [0.2, 0.25) is 5.88 Å². The number of halogens is 2. The second kappa shape index (κ2) is 9.46. The van der Waals surface area contributed by atoms with Gasteiger partial charge in [0, 0.05) is 23.2 Å². The van der Waals surface area contributed by atoms with Crippen LogP contribution in [0.4, 0.5) is 14.2 Å². The zero-order valence-corrected chi connectivity index (χ0v) is 15.7. The van der Waals surface area contributed by atoms with Gasteiger partial charge in [-0.3, -0.25) is 5.32 Å². The van der Waals surface area contributed by atoms with E-state index >= 15 is 0 Å². The highest BCUT2D eigenvalue weighted by Crippen LogP contribution is 2.31. The van der Waals surface area contributed by atoms with Crippen molar-refractivity contribution in [2.45, 2.75) is 13.0 Å². The van der Waals surface area contributed by atoms with Crippen LogP contribution >= 0.6 is 27.5 Å². The van der Waals surface area contributed by atoms with E-state index in [1.165, 1.54) is 12.1 Å². The minimum absolute atomic E-state index is 0.00900.